The normalized spacial score (nSPS) is 22.4. The molecule has 146 valence electrons. The molecule has 4 nitrogen and oxygen atoms in total. The van der Waals surface area contributed by atoms with Gasteiger partial charge in [0.15, 0.2) is 9.84 Å². The highest BCUT2D eigenvalue weighted by atomic mass is 35.5. The van der Waals surface area contributed by atoms with Gasteiger partial charge in [0.05, 0.1) is 11.0 Å². The number of rotatable bonds is 7. The third kappa shape index (κ3) is 3.74. The first-order valence-electron chi connectivity index (χ1n) is 8.48. The smallest absolute Gasteiger partial charge is 0.188 e. The molecule has 0 amide bonds. The van der Waals surface area contributed by atoms with Gasteiger partial charge in [0.25, 0.3) is 0 Å². The quantitative estimate of drug-likeness (QED) is 0.696. The zero-order valence-corrected chi connectivity index (χ0v) is 15.9. The Morgan fingerprint density at radius 3 is 2.44 bits per heavy atom. The third-order valence-corrected chi connectivity index (χ3v) is 7.56. The van der Waals surface area contributed by atoms with Gasteiger partial charge in [-0.15, -0.1) is 0 Å². The van der Waals surface area contributed by atoms with E-state index in [1.807, 2.05) is 0 Å². The van der Waals surface area contributed by atoms with E-state index in [1.54, 1.807) is 0 Å². The minimum Gasteiger partial charge on any atom is -0.396 e. The van der Waals surface area contributed by atoms with Crippen molar-refractivity contribution in [2.45, 2.75) is 35.0 Å². The van der Waals surface area contributed by atoms with Crippen LogP contribution in [0.2, 0.25) is 5.02 Å². The van der Waals surface area contributed by atoms with E-state index in [-0.39, 0.29) is 36.5 Å². The molecular formula is C19H19ClF2O4S. The zero-order chi connectivity index (χ0) is 19.7. The molecule has 2 aromatic carbocycles. The lowest BCUT2D eigenvalue weighted by Crippen LogP contribution is -2.52. The van der Waals surface area contributed by atoms with Crippen LogP contribution in [0, 0.1) is 11.6 Å². The Bertz CT molecular complexity index is 910. The van der Waals surface area contributed by atoms with E-state index in [0.717, 1.165) is 18.2 Å². The van der Waals surface area contributed by atoms with Crippen LogP contribution < -0.4 is 0 Å². The fraction of sp³-hybridized carbons (Fsp3) is 0.368. The number of ether oxygens (including phenoxy) is 1. The van der Waals surface area contributed by atoms with Crippen LogP contribution in [0.25, 0.3) is 0 Å². The minimum atomic E-state index is -4.03. The van der Waals surface area contributed by atoms with Crippen LogP contribution >= 0.6 is 11.6 Å². The maximum atomic E-state index is 14.5. The summed E-state index contributed by atoms with van der Waals surface area (Å²) in [6.07, 6.45) is 0.0104. The summed E-state index contributed by atoms with van der Waals surface area (Å²) in [4.78, 5) is -0.00984. The summed E-state index contributed by atoms with van der Waals surface area (Å²) in [6, 6.07) is 8.43. The lowest BCUT2D eigenvalue weighted by atomic mass is 9.76. The van der Waals surface area contributed by atoms with Crippen LogP contribution in [0.4, 0.5) is 8.78 Å². The Balaban J connectivity index is 2.01. The molecule has 3 rings (SSSR count). The van der Waals surface area contributed by atoms with Crippen molar-refractivity contribution in [3.8, 4) is 0 Å². The second-order valence-corrected chi connectivity index (χ2v) is 9.25. The van der Waals surface area contributed by atoms with Gasteiger partial charge in [0.1, 0.15) is 16.4 Å². The number of sulfone groups is 1. The molecule has 1 aliphatic rings. The average Bonchev–Trinajstić information content (AvgIpc) is 2.59. The molecule has 1 fully saturated rings. The fourth-order valence-electron chi connectivity index (χ4n) is 3.38. The van der Waals surface area contributed by atoms with Crippen LogP contribution in [0.3, 0.4) is 0 Å². The molecule has 27 heavy (non-hydrogen) atoms. The highest BCUT2D eigenvalue weighted by Crippen LogP contribution is 2.52. The van der Waals surface area contributed by atoms with E-state index < -0.39 is 32.3 Å². The van der Waals surface area contributed by atoms with Gasteiger partial charge in [-0.05, 0) is 61.7 Å². The van der Waals surface area contributed by atoms with Crippen molar-refractivity contribution < 1.29 is 27.0 Å². The van der Waals surface area contributed by atoms with Crippen molar-refractivity contribution in [1.82, 2.24) is 0 Å². The Kier molecular flexibility index (Phi) is 5.86. The van der Waals surface area contributed by atoms with Crippen molar-refractivity contribution in [3.63, 3.8) is 0 Å². The van der Waals surface area contributed by atoms with Crippen molar-refractivity contribution in [2.24, 2.45) is 0 Å². The highest BCUT2D eigenvalue weighted by molar-refractivity contribution is 7.92. The van der Waals surface area contributed by atoms with Gasteiger partial charge in [-0.3, -0.25) is 0 Å². The SMILES string of the molecule is O=S(=O)(c1ccc(Cl)cc1)C1(c2cc(F)ccc2F)CC(OCCCO)C1. The van der Waals surface area contributed by atoms with Crippen molar-refractivity contribution in [2.75, 3.05) is 13.2 Å². The van der Waals surface area contributed by atoms with Crippen molar-refractivity contribution in [1.29, 1.82) is 0 Å². The maximum Gasteiger partial charge on any atom is 0.188 e. The maximum absolute atomic E-state index is 14.5. The van der Waals surface area contributed by atoms with E-state index in [2.05, 4.69) is 0 Å². The zero-order valence-electron chi connectivity index (χ0n) is 14.4. The second-order valence-electron chi connectivity index (χ2n) is 6.55. The predicted molar refractivity (Wildman–Crippen MR) is 97.4 cm³/mol. The highest BCUT2D eigenvalue weighted by Gasteiger charge is 2.57. The topological polar surface area (TPSA) is 63.6 Å². The molecule has 0 atom stereocenters. The number of hydrogen-bond acceptors (Lipinski definition) is 4. The summed E-state index contributed by atoms with van der Waals surface area (Å²) in [5.74, 6) is -1.48. The molecule has 0 spiro atoms. The van der Waals surface area contributed by atoms with Crippen molar-refractivity contribution in [3.05, 3.63) is 64.7 Å². The first-order valence-corrected chi connectivity index (χ1v) is 10.3. The summed E-state index contributed by atoms with van der Waals surface area (Å²) in [5, 5.41) is 9.21. The lowest BCUT2D eigenvalue weighted by Gasteiger charge is -2.46. The van der Waals surface area contributed by atoms with E-state index in [0.29, 0.717) is 11.4 Å². The molecule has 1 saturated carbocycles. The average molecular weight is 417 g/mol. The second kappa shape index (κ2) is 7.83. The van der Waals surface area contributed by atoms with Gasteiger partial charge in [-0.2, -0.15) is 0 Å². The summed E-state index contributed by atoms with van der Waals surface area (Å²) >= 11 is 5.84. The van der Waals surface area contributed by atoms with Gasteiger partial charge in [-0.25, -0.2) is 17.2 Å². The molecule has 0 aromatic heterocycles. The molecule has 2 aromatic rings. The predicted octanol–water partition coefficient (Wildman–Crippen LogP) is 3.85. The van der Waals surface area contributed by atoms with E-state index in [4.69, 9.17) is 21.4 Å². The van der Waals surface area contributed by atoms with Crippen LogP contribution in [0.5, 0.6) is 0 Å². The van der Waals surface area contributed by atoms with Crippen LogP contribution in [-0.4, -0.2) is 32.8 Å². The minimum absolute atomic E-state index is 0.00373. The molecule has 0 unspecified atom stereocenters. The molecule has 0 heterocycles. The van der Waals surface area contributed by atoms with Crippen LogP contribution in [-0.2, 0) is 19.3 Å². The lowest BCUT2D eigenvalue weighted by molar-refractivity contribution is -0.0272. The number of aliphatic hydroxyl groups is 1. The van der Waals surface area contributed by atoms with Gasteiger partial charge in [0.2, 0.25) is 0 Å². The molecule has 1 aliphatic carbocycles. The summed E-state index contributed by atoms with van der Waals surface area (Å²) in [6.45, 7) is 0.226. The molecule has 1 N–H and O–H groups in total. The first kappa shape index (κ1) is 20.2. The standard InChI is InChI=1S/C19H19ClF2O4S/c20-13-2-5-16(6-3-13)27(24,25)19(11-15(12-19)26-9-1-8-23)17-10-14(21)4-7-18(17)22/h2-7,10,15,23H,1,8-9,11-12H2. The van der Waals surface area contributed by atoms with Crippen LogP contribution in [0.1, 0.15) is 24.8 Å². The number of aliphatic hydroxyl groups excluding tert-OH is 1. The summed E-state index contributed by atoms with van der Waals surface area (Å²) < 4.78 is 59.0. The molecule has 0 aliphatic heterocycles. The largest absolute Gasteiger partial charge is 0.396 e. The van der Waals surface area contributed by atoms with Gasteiger partial charge in [-0.1, -0.05) is 11.6 Å². The Hall–Kier alpha value is -1.54. The molecule has 8 heteroatoms. The van der Waals surface area contributed by atoms with E-state index in [1.165, 1.54) is 24.3 Å². The van der Waals surface area contributed by atoms with E-state index in [9.17, 15) is 17.2 Å². The van der Waals surface area contributed by atoms with E-state index >= 15 is 0 Å². The third-order valence-electron chi connectivity index (χ3n) is 4.83. The molecule has 0 radical (unpaired) electrons. The Morgan fingerprint density at radius 2 is 1.81 bits per heavy atom. The summed E-state index contributed by atoms with van der Waals surface area (Å²) in [5.41, 5.74) is -0.195. The number of benzene rings is 2. The number of hydrogen-bond donors (Lipinski definition) is 1. The van der Waals surface area contributed by atoms with Crippen molar-refractivity contribution >= 4 is 21.4 Å². The molecule has 0 bridgehead atoms. The Labute approximate surface area is 161 Å². The molecular weight excluding hydrogens is 398 g/mol. The van der Waals surface area contributed by atoms with Crippen LogP contribution in [0.15, 0.2) is 47.4 Å². The number of halogens is 3. The molecule has 0 saturated heterocycles. The van der Waals surface area contributed by atoms with Gasteiger partial charge >= 0.3 is 0 Å². The fourth-order valence-corrected chi connectivity index (χ4v) is 5.71. The van der Waals surface area contributed by atoms with Gasteiger partial charge < -0.3 is 9.84 Å². The summed E-state index contributed by atoms with van der Waals surface area (Å²) in [7, 11) is -4.03. The monoisotopic (exact) mass is 416 g/mol. The first-order chi connectivity index (χ1) is 12.8. The van der Waals surface area contributed by atoms with Gasteiger partial charge in [0, 0.05) is 23.8 Å². The Morgan fingerprint density at radius 1 is 1.15 bits per heavy atom.